The molecule has 0 saturated heterocycles. The molecule has 0 bridgehead atoms. The Kier molecular flexibility index (Phi) is 5.54. The van der Waals surface area contributed by atoms with E-state index in [1.54, 1.807) is 0 Å². The van der Waals surface area contributed by atoms with Crippen molar-refractivity contribution >= 4 is 85.9 Å². The number of nitrogens with zero attached hydrogens (tertiary/aromatic N) is 3. The first-order chi connectivity index (χ1) is 24.3. The van der Waals surface area contributed by atoms with E-state index in [9.17, 15) is 0 Å². The Morgan fingerprint density at radius 2 is 1.04 bits per heavy atom. The number of hydrogen-bond acceptors (Lipinski definition) is 2. The van der Waals surface area contributed by atoms with Crippen LogP contribution >= 0.6 is 11.3 Å². The average Bonchev–Trinajstić information content (AvgIpc) is 3.82. The van der Waals surface area contributed by atoms with Gasteiger partial charge in [0.1, 0.15) is 0 Å². The molecule has 7 aromatic carbocycles. The summed E-state index contributed by atoms with van der Waals surface area (Å²) < 4.78 is 7.39. The van der Waals surface area contributed by atoms with Crippen LogP contribution in [0.25, 0.3) is 97.1 Å². The summed E-state index contributed by atoms with van der Waals surface area (Å²) in [7, 11) is 0. The number of hydrogen-bond donors (Lipinski definition) is 0. The lowest BCUT2D eigenvalue weighted by Gasteiger charge is -2.10. The van der Waals surface area contributed by atoms with Crippen molar-refractivity contribution in [3.63, 3.8) is 0 Å². The highest BCUT2D eigenvalue weighted by molar-refractivity contribution is 7.26. The molecule has 0 saturated carbocycles. The van der Waals surface area contributed by atoms with Crippen molar-refractivity contribution in [1.29, 1.82) is 0 Å². The third kappa shape index (κ3) is 3.86. The van der Waals surface area contributed by atoms with Crippen molar-refractivity contribution in [3.8, 4) is 22.5 Å². The van der Waals surface area contributed by atoms with E-state index in [0.717, 1.165) is 0 Å². The highest BCUT2D eigenvalue weighted by atomic mass is 32.1. The maximum atomic E-state index is 4.43. The van der Waals surface area contributed by atoms with Gasteiger partial charge in [0.05, 0.1) is 22.1 Å². The van der Waals surface area contributed by atoms with Crippen molar-refractivity contribution in [2.45, 2.75) is 0 Å². The zero-order chi connectivity index (χ0) is 32.1. The number of rotatable bonds is 3. The standard InChI is InChI=1S/C45H27N3S/c1-2-8-31(9-3-1)47-40-12-6-4-10-33(40)36-24-29(15-19-42(36)47)30-16-20-43-37(25-30)34-11-5-7-13-41(34)48(43)32-17-21-44-38(26-32)35-18-14-28-22-23-46-27-39(28)45(35)49-44/h1-27H. The fraction of sp³-hybridized carbons (Fsp3) is 0. The van der Waals surface area contributed by atoms with Crippen molar-refractivity contribution < 1.29 is 0 Å². The zero-order valence-electron chi connectivity index (χ0n) is 26.3. The minimum Gasteiger partial charge on any atom is -0.309 e. The first-order valence-electron chi connectivity index (χ1n) is 16.6. The smallest absolute Gasteiger partial charge is 0.0541 e. The molecule has 0 aliphatic rings. The summed E-state index contributed by atoms with van der Waals surface area (Å²) in [5.41, 5.74) is 9.64. The molecular weight excluding hydrogens is 615 g/mol. The number of benzene rings is 7. The Hall–Kier alpha value is -6.23. The van der Waals surface area contributed by atoms with Crippen LogP contribution in [0.5, 0.6) is 0 Å². The van der Waals surface area contributed by atoms with Gasteiger partial charge < -0.3 is 9.13 Å². The third-order valence-corrected chi connectivity index (χ3v) is 11.4. The largest absolute Gasteiger partial charge is 0.309 e. The van der Waals surface area contributed by atoms with Gasteiger partial charge in [0.2, 0.25) is 0 Å². The molecule has 0 aliphatic carbocycles. The van der Waals surface area contributed by atoms with E-state index < -0.39 is 0 Å². The molecule has 0 aliphatic heterocycles. The predicted molar refractivity (Wildman–Crippen MR) is 209 cm³/mol. The summed E-state index contributed by atoms with van der Waals surface area (Å²) in [6.07, 6.45) is 3.87. The lowest BCUT2D eigenvalue weighted by atomic mass is 10.0. The number of fused-ring (bicyclic) bond motifs is 11. The third-order valence-electron chi connectivity index (χ3n) is 10.2. The van der Waals surface area contributed by atoms with Crippen LogP contribution < -0.4 is 0 Å². The molecule has 3 nitrogen and oxygen atoms in total. The molecular formula is C45H27N3S. The van der Waals surface area contributed by atoms with Gasteiger partial charge in [0, 0.05) is 70.9 Å². The lowest BCUT2D eigenvalue weighted by molar-refractivity contribution is 1.18. The average molecular weight is 642 g/mol. The molecule has 4 heterocycles. The maximum absolute atomic E-state index is 4.43. The minimum absolute atomic E-state index is 1.17. The van der Waals surface area contributed by atoms with Crippen molar-refractivity contribution in [2.24, 2.45) is 0 Å². The predicted octanol–water partition coefficient (Wildman–Crippen LogP) is 12.5. The van der Waals surface area contributed by atoms with Crippen LogP contribution in [0.1, 0.15) is 0 Å². The van der Waals surface area contributed by atoms with Crippen LogP contribution in [0.2, 0.25) is 0 Å². The summed E-state index contributed by atoms with van der Waals surface area (Å²) in [5, 5.41) is 10.1. The van der Waals surface area contributed by atoms with E-state index in [1.807, 2.05) is 23.7 Å². The van der Waals surface area contributed by atoms with Gasteiger partial charge in [-0.1, -0.05) is 78.9 Å². The zero-order valence-corrected chi connectivity index (χ0v) is 27.2. The van der Waals surface area contributed by atoms with Gasteiger partial charge >= 0.3 is 0 Å². The summed E-state index contributed by atoms with van der Waals surface area (Å²) >= 11 is 1.85. The molecule has 0 fully saturated rings. The molecule has 0 unspecified atom stereocenters. The SMILES string of the molecule is c1ccc(-n2c3ccccc3c3cc(-c4ccc5c(c4)c4ccccc4n5-c4ccc5sc6c7cnccc7ccc6c5c4)ccc32)cc1. The van der Waals surface area contributed by atoms with Gasteiger partial charge in [0.15, 0.2) is 0 Å². The van der Waals surface area contributed by atoms with Crippen molar-refractivity contribution in [2.75, 3.05) is 0 Å². The second-order valence-electron chi connectivity index (χ2n) is 12.8. The molecule has 4 aromatic heterocycles. The van der Waals surface area contributed by atoms with Crippen molar-refractivity contribution in [1.82, 2.24) is 14.1 Å². The highest BCUT2D eigenvalue weighted by Gasteiger charge is 2.17. The summed E-state index contributed by atoms with van der Waals surface area (Å²) in [5.74, 6) is 0. The van der Waals surface area contributed by atoms with Crippen LogP contribution in [0, 0.1) is 0 Å². The van der Waals surface area contributed by atoms with Crippen LogP contribution in [0.15, 0.2) is 164 Å². The van der Waals surface area contributed by atoms with Gasteiger partial charge in [-0.05, 0) is 89.3 Å². The van der Waals surface area contributed by atoms with Gasteiger partial charge in [-0.3, -0.25) is 4.98 Å². The summed E-state index contributed by atoms with van der Waals surface area (Å²) in [6, 6.07) is 55.6. The Balaban J connectivity index is 1.10. The van der Waals surface area contributed by atoms with E-state index in [4.69, 9.17) is 0 Å². The Morgan fingerprint density at radius 3 is 1.76 bits per heavy atom. The number of para-hydroxylation sites is 3. The van der Waals surface area contributed by atoms with E-state index in [1.165, 1.54) is 97.1 Å². The molecule has 0 spiro atoms. The lowest BCUT2D eigenvalue weighted by Crippen LogP contribution is -1.93. The van der Waals surface area contributed by atoms with E-state index in [0.29, 0.717) is 0 Å². The first kappa shape index (κ1) is 26.8. The van der Waals surface area contributed by atoms with E-state index >= 15 is 0 Å². The second-order valence-corrected chi connectivity index (χ2v) is 13.9. The first-order valence-corrected chi connectivity index (χ1v) is 17.4. The number of aromatic nitrogens is 3. The molecule has 0 radical (unpaired) electrons. The molecule has 11 aromatic rings. The molecule has 0 N–H and O–H groups in total. The van der Waals surface area contributed by atoms with Gasteiger partial charge in [-0.2, -0.15) is 0 Å². The Morgan fingerprint density at radius 1 is 0.408 bits per heavy atom. The van der Waals surface area contributed by atoms with Crippen LogP contribution in [-0.2, 0) is 0 Å². The maximum Gasteiger partial charge on any atom is 0.0541 e. The monoisotopic (exact) mass is 641 g/mol. The molecule has 4 heteroatoms. The molecule has 228 valence electrons. The van der Waals surface area contributed by atoms with E-state index in [2.05, 4.69) is 166 Å². The fourth-order valence-corrected chi connectivity index (χ4v) is 9.16. The minimum atomic E-state index is 1.17. The van der Waals surface area contributed by atoms with Gasteiger partial charge in [-0.15, -0.1) is 11.3 Å². The van der Waals surface area contributed by atoms with Crippen LogP contribution in [-0.4, -0.2) is 14.1 Å². The van der Waals surface area contributed by atoms with Crippen LogP contribution in [0.3, 0.4) is 0 Å². The molecule has 0 amide bonds. The topological polar surface area (TPSA) is 22.8 Å². The Bertz CT molecular complexity index is 3110. The molecule has 0 atom stereocenters. The Labute approximate surface area is 285 Å². The quantitative estimate of drug-likeness (QED) is 0.188. The highest BCUT2D eigenvalue weighted by Crippen LogP contribution is 2.41. The molecule has 11 rings (SSSR count). The van der Waals surface area contributed by atoms with Gasteiger partial charge in [0.25, 0.3) is 0 Å². The van der Waals surface area contributed by atoms with Gasteiger partial charge in [-0.25, -0.2) is 0 Å². The van der Waals surface area contributed by atoms with Crippen molar-refractivity contribution in [3.05, 3.63) is 164 Å². The normalized spacial score (nSPS) is 12.1. The van der Waals surface area contributed by atoms with Crippen LogP contribution in [0.4, 0.5) is 0 Å². The fourth-order valence-electron chi connectivity index (χ4n) is 7.96. The van der Waals surface area contributed by atoms with E-state index in [-0.39, 0.29) is 0 Å². The number of pyridine rings is 1. The second kappa shape index (κ2) is 10.1. The molecule has 49 heavy (non-hydrogen) atoms. The number of thiophene rings is 1. The summed E-state index contributed by atoms with van der Waals surface area (Å²) in [4.78, 5) is 4.43. The summed E-state index contributed by atoms with van der Waals surface area (Å²) in [6.45, 7) is 0.